The summed E-state index contributed by atoms with van der Waals surface area (Å²) < 4.78 is 0. The summed E-state index contributed by atoms with van der Waals surface area (Å²) in [7, 11) is 0. The molecule has 0 aromatic carbocycles. The summed E-state index contributed by atoms with van der Waals surface area (Å²) in [5.74, 6) is 0.462. The second kappa shape index (κ2) is 5.93. The second-order valence-electron chi connectivity index (χ2n) is 3.87. The van der Waals surface area contributed by atoms with Crippen molar-refractivity contribution in [1.29, 1.82) is 0 Å². The standard InChI is InChI=1S/C11H17ClN2O/c1-8(2)10(4-6-15)14-9-3-5-13-11(12)7-9/h3,5,7-8,10,15H,4,6H2,1-2H3,(H,13,14). The van der Waals surface area contributed by atoms with E-state index >= 15 is 0 Å². The van der Waals surface area contributed by atoms with Crippen molar-refractivity contribution in [2.75, 3.05) is 11.9 Å². The monoisotopic (exact) mass is 228 g/mol. The number of aliphatic hydroxyl groups is 1. The average Bonchev–Trinajstić information content (AvgIpc) is 2.17. The van der Waals surface area contributed by atoms with E-state index in [9.17, 15) is 0 Å². The molecule has 0 amide bonds. The van der Waals surface area contributed by atoms with Crippen LogP contribution in [0.2, 0.25) is 5.15 Å². The SMILES string of the molecule is CC(C)C(CCO)Nc1ccnc(Cl)c1. The van der Waals surface area contributed by atoms with Crippen molar-refractivity contribution >= 4 is 17.3 Å². The molecule has 0 saturated carbocycles. The first-order valence-corrected chi connectivity index (χ1v) is 5.50. The van der Waals surface area contributed by atoms with Crippen LogP contribution in [0.4, 0.5) is 5.69 Å². The molecule has 1 heterocycles. The maximum atomic E-state index is 8.94. The highest BCUT2D eigenvalue weighted by Gasteiger charge is 2.12. The van der Waals surface area contributed by atoms with E-state index in [-0.39, 0.29) is 12.6 Å². The van der Waals surface area contributed by atoms with Gasteiger partial charge in [-0.1, -0.05) is 25.4 Å². The van der Waals surface area contributed by atoms with Crippen LogP contribution in [0.25, 0.3) is 0 Å². The number of nitrogens with zero attached hydrogens (tertiary/aromatic N) is 1. The summed E-state index contributed by atoms with van der Waals surface area (Å²) in [5.41, 5.74) is 0.946. The van der Waals surface area contributed by atoms with Gasteiger partial charge in [0.1, 0.15) is 5.15 Å². The summed E-state index contributed by atoms with van der Waals surface area (Å²) in [6, 6.07) is 3.92. The largest absolute Gasteiger partial charge is 0.396 e. The van der Waals surface area contributed by atoms with E-state index in [1.165, 1.54) is 0 Å². The van der Waals surface area contributed by atoms with Gasteiger partial charge in [-0.25, -0.2) is 4.98 Å². The molecule has 1 aromatic heterocycles. The van der Waals surface area contributed by atoms with Gasteiger partial charge in [-0.3, -0.25) is 0 Å². The normalized spacial score (nSPS) is 12.9. The summed E-state index contributed by atoms with van der Waals surface area (Å²) in [6.45, 7) is 4.43. The van der Waals surface area contributed by atoms with Crippen LogP contribution >= 0.6 is 11.6 Å². The van der Waals surface area contributed by atoms with E-state index < -0.39 is 0 Å². The first-order valence-electron chi connectivity index (χ1n) is 5.12. The Morgan fingerprint density at radius 1 is 1.53 bits per heavy atom. The van der Waals surface area contributed by atoms with Gasteiger partial charge in [-0.2, -0.15) is 0 Å². The molecule has 0 fully saturated rings. The van der Waals surface area contributed by atoms with Gasteiger partial charge in [0.25, 0.3) is 0 Å². The van der Waals surface area contributed by atoms with E-state index in [2.05, 4.69) is 24.1 Å². The highest BCUT2D eigenvalue weighted by atomic mass is 35.5. The number of aromatic nitrogens is 1. The lowest BCUT2D eigenvalue weighted by atomic mass is 10.0. The van der Waals surface area contributed by atoms with Gasteiger partial charge in [-0.05, 0) is 24.5 Å². The Labute approximate surface area is 95.5 Å². The zero-order chi connectivity index (χ0) is 11.3. The predicted molar refractivity (Wildman–Crippen MR) is 63.2 cm³/mol. The zero-order valence-corrected chi connectivity index (χ0v) is 9.83. The Morgan fingerprint density at radius 2 is 2.27 bits per heavy atom. The first kappa shape index (κ1) is 12.3. The third-order valence-electron chi connectivity index (χ3n) is 2.32. The smallest absolute Gasteiger partial charge is 0.131 e. The lowest BCUT2D eigenvalue weighted by Gasteiger charge is -2.22. The van der Waals surface area contributed by atoms with Crippen LogP contribution in [0.5, 0.6) is 0 Å². The fourth-order valence-electron chi connectivity index (χ4n) is 1.42. The van der Waals surface area contributed by atoms with Gasteiger partial charge in [0.2, 0.25) is 0 Å². The molecule has 0 spiro atoms. The maximum absolute atomic E-state index is 8.94. The molecule has 0 aliphatic rings. The highest BCUT2D eigenvalue weighted by molar-refractivity contribution is 6.29. The second-order valence-corrected chi connectivity index (χ2v) is 4.26. The van der Waals surface area contributed by atoms with E-state index in [1.807, 2.05) is 6.07 Å². The lowest BCUT2D eigenvalue weighted by molar-refractivity contribution is 0.267. The van der Waals surface area contributed by atoms with Crippen molar-refractivity contribution in [2.24, 2.45) is 5.92 Å². The highest BCUT2D eigenvalue weighted by Crippen LogP contribution is 2.17. The minimum absolute atomic E-state index is 0.189. The van der Waals surface area contributed by atoms with Crippen molar-refractivity contribution in [3.8, 4) is 0 Å². The number of anilines is 1. The van der Waals surface area contributed by atoms with Gasteiger partial charge < -0.3 is 10.4 Å². The van der Waals surface area contributed by atoms with Crippen molar-refractivity contribution in [3.05, 3.63) is 23.5 Å². The molecule has 0 bridgehead atoms. The third-order valence-corrected chi connectivity index (χ3v) is 2.53. The van der Waals surface area contributed by atoms with Crippen LogP contribution in [0.1, 0.15) is 20.3 Å². The van der Waals surface area contributed by atoms with E-state index in [0.717, 1.165) is 12.1 Å². The fraction of sp³-hybridized carbons (Fsp3) is 0.545. The molecule has 4 heteroatoms. The number of hydrogen-bond donors (Lipinski definition) is 2. The topological polar surface area (TPSA) is 45.1 Å². The molecular weight excluding hydrogens is 212 g/mol. The van der Waals surface area contributed by atoms with Crippen molar-refractivity contribution in [2.45, 2.75) is 26.3 Å². The molecular formula is C11H17ClN2O. The first-order chi connectivity index (χ1) is 7.13. The van der Waals surface area contributed by atoms with E-state index in [1.54, 1.807) is 12.3 Å². The summed E-state index contributed by atoms with van der Waals surface area (Å²) in [5, 5.41) is 12.8. The molecule has 0 aliphatic heterocycles. The average molecular weight is 229 g/mol. The van der Waals surface area contributed by atoms with Gasteiger partial charge >= 0.3 is 0 Å². The lowest BCUT2D eigenvalue weighted by Crippen LogP contribution is -2.26. The van der Waals surface area contributed by atoms with Crippen LogP contribution in [0.15, 0.2) is 18.3 Å². The Morgan fingerprint density at radius 3 is 2.80 bits per heavy atom. The van der Waals surface area contributed by atoms with E-state index in [4.69, 9.17) is 16.7 Å². The van der Waals surface area contributed by atoms with Crippen LogP contribution in [-0.2, 0) is 0 Å². The van der Waals surface area contributed by atoms with Gasteiger partial charge in [0, 0.05) is 24.5 Å². The third kappa shape index (κ3) is 4.06. The molecule has 2 N–H and O–H groups in total. The summed E-state index contributed by atoms with van der Waals surface area (Å²) >= 11 is 5.78. The number of rotatable bonds is 5. The quantitative estimate of drug-likeness (QED) is 0.762. The van der Waals surface area contributed by atoms with Crippen molar-refractivity contribution in [3.63, 3.8) is 0 Å². The molecule has 0 saturated heterocycles. The molecule has 1 rings (SSSR count). The zero-order valence-electron chi connectivity index (χ0n) is 9.07. The van der Waals surface area contributed by atoms with Crippen LogP contribution in [0, 0.1) is 5.92 Å². The summed E-state index contributed by atoms with van der Waals surface area (Å²) in [4.78, 5) is 3.91. The maximum Gasteiger partial charge on any atom is 0.131 e. The Balaban J connectivity index is 2.65. The molecule has 0 aliphatic carbocycles. The Kier molecular flexibility index (Phi) is 4.85. The molecule has 1 atom stereocenters. The molecule has 84 valence electrons. The summed E-state index contributed by atoms with van der Waals surface area (Å²) in [6.07, 6.45) is 2.40. The predicted octanol–water partition coefficient (Wildman–Crippen LogP) is 2.55. The van der Waals surface area contributed by atoms with Crippen LogP contribution < -0.4 is 5.32 Å². The van der Waals surface area contributed by atoms with Gasteiger partial charge in [0.15, 0.2) is 0 Å². The Hall–Kier alpha value is -0.800. The van der Waals surface area contributed by atoms with Gasteiger partial charge in [0.05, 0.1) is 0 Å². The minimum Gasteiger partial charge on any atom is -0.396 e. The molecule has 15 heavy (non-hydrogen) atoms. The van der Waals surface area contributed by atoms with Crippen molar-refractivity contribution < 1.29 is 5.11 Å². The van der Waals surface area contributed by atoms with E-state index in [0.29, 0.717) is 11.1 Å². The van der Waals surface area contributed by atoms with Crippen molar-refractivity contribution in [1.82, 2.24) is 4.98 Å². The van der Waals surface area contributed by atoms with Crippen LogP contribution in [-0.4, -0.2) is 22.7 Å². The number of halogens is 1. The molecule has 0 radical (unpaired) electrons. The number of aliphatic hydroxyl groups excluding tert-OH is 1. The van der Waals surface area contributed by atoms with Gasteiger partial charge in [-0.15, -0.1) is 0 Å². The molecule has 1 aromatic rings. The molecule has 1 unspecified atom stereocenters. The number of pyridine rings is 1. The molecule has 3 nitrogen and oxygen atoms in total. The van der Waals surface area contributed by atoms with Crippen LogP contribution in [0.3, 0.4) is 0 Å². The Bertz CT molecular complexity index is 304. The number of nitrogens with one attached hydrogen (secondary N) is 1. The number of hydrogen-bond acceptors (Lipinski definition) is 3. The minimum atomic E-state index is 0.189. The fourth-order valence-corrected chi connectivity index (χ4v) is 1.59.